The van der Waals surface area contributed by atoms with Gasteiger partial charge in [-0.15, -0.1) is 0 Å². The molecule has 1 aromatic rings. The molecule has 2 unspecified atom stereocenters. The van der Waals surface area contributed by atoms with Crippen LogP contribution in [0.4, 0.5) is 5.69 Å². The molecule has 1 aromatic carbocycles. The predicted molar refractivity (Wildman–Crippen MR) is 52.2 cm³/mol. The summed E-state index contributed by atoms with van der Waals surface area (Å²) in [7, 11) is 0. The van der Waals surface area contributed by atoms with Gasteiger partial charge >= 0.3 is 0 Å². The summed E-state index contributed by atoms with van der Waals surface area (Å²) < 4.78 is 0. The Balaban J connectivity index is 2.98. The van der Waals surface area contributed by atoms with Crippen LogP contribution in [0.5, 0.6) is 0 Å². The second-order valence-electron chi connectivity index (χ2n) is 3.13. The van der Waals surface area contributed by atoms with E-state index in [2.05, 4.69) is 0 Å². The molecule has 0 radical (unpaired) electrons. The Morgan fingerprint density at radius 2 is 2.07 bits per heavy atom. The van der Waals surface area contributed by atoms with E-state index in [0.717, 1.165) is 5.56 Å². The molecule has 2 atom stereocenters. The minimum atomic E-state index is -1.42. The van der Waals surface area contributed by atoms with Crippen molar-refractivity contribution >= 4 is 5.69 Å². The molecule has 0 spiro atoms. The van der Waals surface area contributed by atoms with Crippen LogP contribution in [0.15, 0.2) is 18.2 Å². The number of nitriles is 1. The van der Waals surface area contributed by atoms with Crippen molar-refractivity contribution in [1.82, 2.24) is 0 Å². The highest BCUT2D eigenvalue weighted by molar-refractivity contribution is 5.49. The first-order valence-corrected chi connectivity index (χ1v) is 4.18. The molecule has 4 heteroatoms. The summed E-state index contributed by atoms with van der Waals surface area (Å²) in [5.74, 6) is 0. The fraction of sp³-hybridized carbons (Fsp3) is 0.300. The molecule has 0 aliphatic rings. The van der Waals surface area contributed by atoms with Crippen molar-refractivity contribution < 1.29 is 10.2 Å². The lowest BCUT2D eigenvalue weighted by molar-refractivity contribution is 0.0528. The SMILES string of the molecule is Cc1ccc(C(O)C(O)C#N)cc1N. The maximum atomic E-state index is 9.48. The van der Waals surface area contributed by atoms with Gasteiger partial charge in [-0.05, 0) is 24.1 Å². The minimum Gasteiger partial charge on any atom is -0.399 e. The number of nitrogens with two attached hydrogens (primary N) is 1. The highest BCUT2D eigenvalue weighted by Crippen LogP contribution is 2.21. The van der Waals surface area contributed by atoms with Gasteiger partial charge < -0.3 is 15.9 Å². The third-order valence-electron chi connectivity index (χ3n) is 2.08. The molecule has 0 aromatic heterocycles. The van der Waals surface area contributed by atoms with E-state index < -0.39 is 12.2 Å². The number of nitrogen functional groups attached to an aromatic ring is 1. The van der Waals surface area contributed by atoms with Crippen LogP contribution in [0, 0.1) is 18.3 Å². The first-order valence-electron chi connectivity index (χ1n) is 4.18. The van der Waals surface area contributed by atoms with Gasteiger partial charge in [-0.25, -0.2) is 0 Å². The third kappa shape index (κ3) is 2.02. The highest BCUT2D eigenvalue weighted by Gasteiger charge is 2.17. The quantitative estimate of drug-likeness (QED) is 0.470. The zero-order chi connectivity index (χ0) is 10.7. The van der Waals surface area contributed by atoms with Gasteiger partial charge in [-0.1, -0.05) is 12.1 Å². The van der Waals surface area contributed by atoms with Crippen molar-refractivity contribution in [2.24, 2.45) is 0 Å². The molecule has 1 rings (SSSR count). The molecule has 0 aliphatic heterocycles. The van der Waals surface area contributed by atoms with E-state index >= 15 is 0 Å². The number of aliphatic hydroxyl groups excluding tert-OH is 2. The number of hydrogen-bond donors (Lipinski definition) is 3. The number of rotatable bonds is 2. The fourth-order valence-electron chi connectivity index (χ4n) is 1.10. The monoisotopic (exact) mass is 192 g/mol. The number of nitrogens with zero attached hydrogens (tertiary/aromatic N) is 1. The standard InChI is InChI=1S/C10H12N2O2/c1-6-2-3-7(4-8(6)12)10(14)9(13)5-11/h2-4,9-10,13-14H,12H2,1H3. The van der Waals surface area contributed by atoms with Crippen molar-refractivity contribution in [3.05, 3.63) is 29.3 Å². The van der Waals surface area contributed by atoms with Crippen molar-refractivity contribution in [3.8, 4) is 6.07 Å². The molecule has 0 aliphatic carbocycles. The van der Waals surface area contributed by atoms with Gasteiger partial charge in [0.25, 0.3) is 0 Å². The van der Waals surface area contributed by atoms with Crippen LogP contribution in [0.2, 0.25) is 0 Å². The van der Waals surface area contributed by atoms with Crippen molar-refractivity contribution in [1.29, 1.82) is 5.26 Å². The number of aliphatic hydroxyl groups is 2. The van der Waals surface area contributed by atoms with Crippen molar-refractivity contribution in [3.63, 3.8) is 0 Å². The number of benzene rings is 1. The van der Waals surface area contributed by atoms with Gasteiger partial charge in [0, 0.05) is 5.69 Å². The Morgan fingerprint density at radius 3 is 2.57 bits per heavy atom. The van der Waals surface area contributed by atoms with E-state index in [1.54, 1.807) is 24.3 Å². The van der Waals surface area contributed by atoms with Gasteiger partial charge in [0.2, 0.25) is 0 Å². The predicted octanol–water partition coefficient (Wildman–Crippen LogP) is 0.495. The first-order chi connectivity index (χ1) is 6.56. The lowest BCUT2D eigenvalue weighted by Gasteiger charge is -2.13. The average Bonchev–Trinajstić information content (AvgIpc) is 2.20. The van der Waals surface area contributed by atoms with Gasteiger partial charge in [0.15, 0.2) is 6.10 Å². The second-order valence-corrected chi connectivity index (χ2v) is 3.13. The van der Waals surface area contributed by atoms with Gasteiger partial charge in [0.05, 0.1) is 6.07 Å². The Kier molecular flexibility index (Phi) is 3.07. The van der Waals surface area contributed by atoms with E-state index in [-0.39, 0.29) is 0 Å². The summed E-state index contributed by atoms with van der Waals surface area (Å²) in [5, 5.41) is 27.0. The normalized spacial score (nSPS) is 14.4. The highest BCUT2D eigenvalue weighted by atomic mass is 16.3. The van der Waals surface area contributed by atoms with Gasteiger partial charge in [-0.2, -0.15) is 5.26 Å². The average molecular weight is 192 g/mol. The number of hydrogen-bond acceptors (Lipinski definition) is 4. The fourth-order valence-corrected chi connectivity index (χ4v) is 1.10. The van der Waals surface area contributed by atoms with Crippen LogP contribution in [-0.4, -0.2) is 16.3 Å². The van der Waals surface area contributed by atoms with E-state index in [1.807, 2.05) is 6.92 Å². The molecule has 0 saturated carbocycles. The molecule has 14 heavy (non-hydrogen) atoms. The van der Waals surface area contributed by atoms with Crippen LogP contribution in [0.25, 0.3) is 0 Å². The number of anilines is 1. The largest absolute Gasteiger partial charge is 0.399 e. The zero-order valence-electron chi connectivity index (χ0n) is 7.81. The summed E-state index contributed by atoms with van der Waals surface area (Å²) in [6.45, 7) is 1.84. The zero-order valence-corrected chi connectivity index (χ0v) is 7.81. The lowest BCUT2D eigenvalue weighted by Crippen LogP contribution is -2.15. The molecule has 0 heterocycles. The number of aryl methyl sites for hydroxylation is 1. The van der Waals surface area contributed by atoms with Crippen LogP contribution in [0.3, 0.4) is 0 Å². The third-order valence-corrected chi connectivity index (χ3v) is 2.08. The van der Waals surface area contributed by atoms with Crippen LogP contribution in [0.1, 0.15) is 17.2 Å². The van der Waals surface area contributed by atoms with Crippen molar-refractivity contribution in [2.45, 2.75) is 19.1 Å². The van der Waals surface area contributed by atoms with Gasteiger partial charge in [0.1, 0.15) is 6.10 Å². The van der Waals surface area contributed by atoms with Gasteiger partial charge in [-0.3, -0.25) is 0 Å². The molecule has 0 bridgehead atoms. The molecule has 4 N–H and O–H groups in total. The smallest absolute Gasteiger partial charge is 0.170 e. The lowest BCUT2D eigenvalue weighted by atomic mass is 10.0. The Morgan fingerprint density at radius 1 is 1.43 bits per heavy atom. The summed E-state index contributed by atoms with van der Waals surface area (Å²) in [6.07, 6.45) is -2.62. The van der Waals surface area contributed by atoms with Crippen LogP contribution >= 0.6 is 0 Å². The first kappa shape index (κ1) is 10.5. The molecule has 0 fully saturated rings. The van der Waals surface area contributed by atoms with E-state index in [1.165, 1.54) is 0 Å². The Bertz CT molecular complexity index is 371. The molecular weight excluding hydrogens is 180 g/mol. The molecule has 74 valence electrons. The van der Waals surface area contributed by atoms with Crippen LogP contribution < -0.4 is 5.73 Å². The Hall–Kier alpha value is -1.57. The van der Waals surface area contributed by atoms with Crippen LogP contribution in [-0.2, 0) is 0 Å². The topological polar surface area (TPSA) is 90.3 Å². The second kappa shape index (κ2) is 4.09. The summed E-state index contributed by atoms with van der Waals surface area (Å²) in [4.78, 5) is 0. The maximum absolute atomic E-state index is 9.48. The summed E-state index contributed by atoms with van der Waals surface area (Å²) in [5.41, 5.74) is 7.50. The van der Waals surface area contributed by atoms with E-state index in [0.29, 0.717) is 11.3 Å². The molecule has 0 saturated heterocycles. The molecular formula is C10H12N2O2. The van der Waals surface area contributed by atoms with E-state index in [4.69, 9.17) is 16.1 Å². The molecule has 4 nitrogen and oxygen atoms in total. The molecule has 0 amide bonds. The van der Waals surface area contributed by atoms with Crippen molar-refractivity contribution in [2.75, 3.05) is 5.73 Å². The van der Waals surface area contributed by atoms with E-state index in [9.17, 15) is 5.11 Å². The Labute approximate surface area is 82.2 Å². The summed E-state index contributed by atoms with van der Waals surface area (Å²) in [6, 6.07) is 6.49. The minimum absolute atomic E-state index is 0.446. The summed E-state index contributed by atoms with van der Waals surface area (Å²) >= 11 is 0. The maximum Gasteiger partial charge on any atom is 0.170 e.